The van der Waals surface area contributed by atoms with Gasteiger partial charge < -0.3 is 14.8 Å². The molecule has 4 aromatic rings. The van der Waals surface area contributed by atoms with Gasteiger partial charge in [-0.25, -0.2) is 0 Å². The van der Waals surface area contributed by atoms with Gasteiger partial charge in [0.15, 0.2) is 11.5 Å². The predicted molar refractivity (Wildman–Crippen MR) is 157 cm³/mol. The number of methoxy groups -OCH3 is 2. The second-order valence-electron chi connectivity index (χ2n) is 10.8. The molecule has 6 nitrogen and oxygen atoms in total. The van der Waals surface area contributed by atoms with Crippen molar-refractivity contribution in [2.45, 2.75) is 42.0 Å². The Bertz CT molecular complexity index is 1640. The number of hydrogen-bond acceptors (Lipinski definition) is 6. The molecule has 2 saturated carbocycles. The van der Waals surface area contributed by atoms with Crippen LogP contribution in [0.3, 0.4) is 0 Å². The summed E-state index contributed by atoms with van der Waals surface area (Å²) in [5.41, 5.74) is 1.92. The molecule has 2 fully saturated rings. The Morgan fingerprint density at radius 2 is 1.79 bits per heavy atom. The van der Waals surface area contributed by atoms with Crippen LogP contribution in [-0.4, -0.2) is 29.9 Å². The number of carbonyl (C=O) groups is 1. The summed E-state index contributed by atoms with van der Waals surface area (Å²) in [6.45, 7) is 0.00498. The van der Waals surface area contributed by atoms with E-state index < -0.39 is 0 Å². The molecule has 3 aliphatic rings. The normalized spacial score (nSPS) is 24.8. The second-order valence-corrected chi connectivity index (χ2v) is 12.9. The molecular weight excluding hydrogens is 528 g/mol. The van der Waals surface area contributed by atoms with E-state index in [0.29, 0.717) is 34.5 Å². The third-order valence-electron chi connectivity index (χ3n) is 8.82. The first-order valence-corrected chi connectivity index (χ1v) is 15.1. The van der Waals surface area contributed by atoms with Crippen molar-refractivity contribution in [1.82, 2.24) is 4.57 Å². The molecule has 1 N–H and O–H groups in total. The van der Waals surface area contributed by atoms with E-state index >= 15 is 0 Å². The molecule has 3 aromatic carbocycles. The van der Waals surface area contributed by atoms with Crippen LogP contribution in [0, 0.1) is 17.8 Å². The molecule has 0 saturated heterocycles. The zero-order valence-corrected chi connectivity index (χ0v) is 23.5. The SMILES string of the molecule is COc1ccc(C2c3sc(=O)n(CC(=O)Nc4cccc5ccccc45)c3SC3C4CCC(C4)C23)cc1OC. The van der Waals surface area contributed by atoms with Crippen molar-refractivity contribution in [3.8, 4) is 11.5 Å². The second kappa shape index (κ2) is 9.75. The Morgan fingerprint density at radius 3 is 2.64 bits per heavy atom. The lowest BCUT2D eigenvalue weighted by molar-refractivity contribution is -0.116. The van der Waals surface area contributed by atoms with Crippen molar-refractivity contribution < 1.29 is 14.3 Å². The number of amides is 1. The minimum absolute atomic E-state index is 0.00498. The Hall–Kier alpha value is -3.23. The van der Waals surface area contributed by atoms with E-state index in [1.165, 1.54) is 30.6 Å². The molecule has 39 heavy (non-hydrogen) atoms. The molecule has 1 aliphatic heterocycles. The largest absolute Gasteiger partial charge is 0.493 e. The van der Waals surface area contributed by atoms with E-state index in [1.807, 2.05) is 60.3 Å². The number of ether oxygens (including phenoxy) is 2. The van der Waals surface area contributed by atoms with Crippen LogP contribution >= 0.6 is 23.1 Å². The zero-order valence-electron chi connectivity index (χ0n) is 21.9. The first-order chi connectivity index (χ1) is 19.1. The van der Waals surface area contributed by atoms with Gasteiger partial charge >= 0.3 is 4.87 Å². The van der Waals surface area contributed by atoms with Crippen LogP contribution in [0.4, 0.5) is 5.69 Å². The van der Waals surface area contributed by atoms with E-state index in [1.54, 1.807) is 18.8 Å². The lowest BCUT2D eigenvalue weighted by Gasteiger charge is -2.40. The number of thiazole rings is 1. The fraction of sp³-hybridized carbons (Fsp3) is 0.355. The lowest BCUT2D eigenvalue weighted by Crippen LogP contribution is -2.34. The van der Waals surface area contributed by atoms with Crippen molar-refractivity contribution in [2.24, 2.45) is 17.8 Å². The summed E-state index contributed by atoms with van der Waals surface area (Å²) in [4.78, 5) is 27.8. The smallest absolute Gasteiger partial charge is 0.308 e. The van der Waals surface area contributed by atoms with Gasteiger partial charge in [0.05, 0.1) is 19.2 Å². The number of fused-ring (bicyclic) bond motifs is 7. The Balaban J connectivity index is 1.26. The first-order valence-electron chi connectivity index (χ1n) is 13.5. The molecule has 5 atom stereocenters. The number of anilines is 1. The average molecular weight is 559 g/mol. The highest BCUT2D eigenvalue weighted by molar-refractivity contribution is 8.00. The Kier molecular flexibility index (Phi) is 6.20. The molecule has 200 valence electrons. The minimum atomic E-state index is -0.188. The molecule has 7 rings (SSSR count). The minimum Gasteiger partial charge on any atom is -0.493 e. The summed E-state index contributed by atoms with van der Waals surface area (Å²) in [5.74, 6) is 3.14. The highest BCUT2D eigenvalue weighted by atomic mass is 32.2. The van der Waals surface area contributed by atoms with E-state index in [2.05, 4.69) is 17.4 Å². The van der Waals surface area contributed by atoms with Gasteiger partial charge in [-0.2, -0.15) is 0 Å². The molecule has 8 heteroatoms. The molecule has 2 bridgehead atoms. The number of rotatable bonds is 6. The number of nitrogens with one attached hydrogen (secondary N) is 1. The lowest BCUT2D eigenvalue weighted by atomic mass is 9.75. The molecule has 0 spiro atoms. The van der Waals surface area contributed by atoms with Gasteiger partial charge in [-0.3, -0.25) is 14.2 Å². The van der Waals surface area contributed by atoms with E-state index in [0.717, 1.165) is 31.9 Å². The maximum absolute atomic E-state index is 13.4. The van der Waals surface area contributed by atoms with Gasteiger partial charge in [0.1, 0.15) is 6.54 Å². The maximum Gasteiger partial charge on any atom is 0.308 e. The molecule has 0 radical (unpaired) electrons. The predicted octanol–water partition coefficient (Wildman–Crippen LogP) is 6.37. The van der Waals surface area contributed by atoms with Crippen molar-refractivity contribution in [1.29, 1.82) is 0 Å². The molecule has 5 unspecified atom stereocenters. The Labute approximate surface area is 235 Å². The van der Waals surface area contributed by atoms with Gasteiger partial charge in [0, 0.05) is 27.1 Å². The molecule has 1 aromatic heterocycles. The van der Waals surface area contributed by atoms with Crippen LogP contribution in [0.2, 0.25) is 0 Å². The van der Waals surface area contributed by atoms with Crippen LogP contribution in [0.1, 0.15) is 35.6 Å². The van der Waals surface area contributed by atoms with Crippen LogP contribution in [0.25, 0.3) is 10.8 Å². The van der Waals surface area contributed by atoms with Gasteiger partial charge in [-0.15, -0.1) is 11.8 Å². The zero-order chi connectivity index (χ0) is 26.7. The van der Waals surface area contributed by atoms with E-state index in [9.17, 15) is 9.59 Å². The van der Waals surface area contributed by atoms with Gasteiger partial charge in [-0.05, 0) is 66.2 Å². The molecular formula is C31H30N2O4S2. The number of carbonyl (C=O) groups excluding carboxylic acids is 1. The van der Waals surface area contributed by atoms with Crippen LogP contribution in [-0.2, 0) is 11.3 Å². The van der Waals surface area contributed by atoms with Gasteiger partial charge in [0.25, 0.3) is 0 Å². The third kappa shape index (κ3) is 4.07. The summed E-state index contributed by atoms with van der Waals surface area (Å²) < 4.78 is 12.9. The molecule has 1 amide bonds. The van der Waals surface area contributed by atoms with Crippen molar-refractivity contribution >= 4 is 45.5 Å². The van der Waals surface area contributed by atoms with Crippen LogP contribution < -0.4 is 19.7 Å². The summed E-state index contributed by atoms with van der Waals surface area (Å²) in [6.07, 6.45) is 3.77. The summed E-state index contributed by atoms with van der Waals surface area (Å²) in [7, 11) is 3.31. The summed E-state index contributed by atoms with van der Waals surface area (Å²) >= 11 is 3.15. The number of thioether (sulfide) groups is 1. The average Bonchev–Trinajstić information content (AvgIpc) is 3.66. The molecule has 2 heterocycles. The fourth-order valence-electron chi connectivity index (χ4n) is 7.17. The topological polar surface area (TPSA) is 69.6 Å². The van der Waals surface area contributed by atoms with Crippen molar-refractivity contribution in [3.63, 3.8) is 0 Å². The van der Waals surface area contributed by atoms with E-state index in [-0.39, 0.29) is 23.2 Å². The van der Waals surface area contributed by atoms with Gasteiger partial charge in [-0.1, -0.05) is 53.8 Å². The maximum atomic E-state index is 13.4. The van der Waals surface area contributed by atoms with Crippen molar-refractivity contribution in [3.05, 3.63) is 80.8 Å². The van der Waals surface area contributed by atoms with E-state index in [4.69, 9.17) is 9.47 Å². The third-order valence-corrected chi connectivity index (χ3v) is 11.6. The highest BCUT2D eigenvalue weighted by Crippen LogP contribution is 2.64. The van der Waals surface area contributed by atoms with Crippen LogP contribution in [0.5, 0.6) is 11.5 Å². The highest BCUT2D eigenvalue weighted by Gasteiger charge is 2.55. The number of hydrogen-bond donors (Lipinski definition) is 1. The van der Waals surface area contributed by atoms with Gasteiger partial charge in [0.2, 0.25) is 5.91 Å². The number of nitrogens with zero attached hydrogens (tertiary/aromatic N) is 1. The summed E-state index contributed by atoms with van der Waals surface area (Å²) in [5, 5.41) is 6.54. The molecule has 2 aliphatic carbocycles. The monoisotopic (exact) mass is 558 g/mol. The number of benzene rings is 3. The number of aromatic nitrogens is 1. The standard InChI is InChI=1S/C31H30N2O4S2/c1-36-23-13-12-19(15-24(23)37-2)27-26-18-10-11-20(14-18)28(26)38-30-29(27)39-31(35)33(30)16-25(34)32-22-9-5-7-17-6-3-4-8-21(17)22/h3-9,12-13,15,18,20,26-28H,10-11,14,16H2,1-2H3,(H,32,34). The summed E-state index contributed by atoms with van der Waals surface area (Å²) in [6, 6.07) is 20.0. The first kappa shape index (κ1) is 24.8. The Morgan fingerprint density at radius 1 is 1.00 bits per heavy atom. The van der Waals surface area contributed by atoms with Crippen molar-refractivity contribution in [2.75, 3.05) is 19.5 Å². The van der Waals surface area contributed by atoms with Crippen LogP contribution in [0.15, 0.2) is 70.5 Å². The fourth-order valence-corrected chi connectivity index (χ4v) is 10.3. The quantitative estimate of drug-likeness (QED) is 0.298.